The predicted octanol–water partition coefficient (Wildman–Crippen LogP) is 3.20. The van der Waals surface area contributed by atoms with Gasteiger partial charge in [0.05, 0.1) is 13.7 Å². The van der Waals surface area contributed by atoms with Gasteiger partial charge in [0.1, 0.15) is 12.1 Å². The van der Waals surface area contributed by atoms with E-state index in [4.69, 9.17) is 19.0 Å². The van der Waals surface area contributed by atoms with E-state index in [9.17, 15) is 4.79 Å². The monoisotopic (exact) mass is 408 g/mol. The molecular formula is C21H20N4O5. The average molecular weight is 408 g/mol. The number of aromatic nitrogens is 2. The van der Waals surface area contributed by atoms with Gasteiger partial charge >= 0.3 is 6.08 Å². The highest BCUT2D eigenvalue weighted by Gasteiger charge is 2.29. The molecule has 0 aliphatic carbocycles. The number of methoxy groups -OCH3 is 1. The fourth-order valence-electron chi connectivity index (χ4n) is 2.83. The molecule has 1 aliphatic rings. The molecule has 1 aromatic heterocycles. The Morgan fingerprint density at radius 3 is 2.57 bits per heavy atom. The fourth-order valence-corrected chi connectivity index (χ4v) is 2.83. The maximum Gasteiger partial charge on any atom is 0.415 e. The Morgan fingerprint density at radius 1 is 1.10 bits per heavy atom. The van der Waals surface area contributed by atoms with Crippen molar-refractivity contribution in [2.75, 3.05) is 25.5 Å². The molecular weight excluding hydrogens is 388 g/mol. The molecule has 9 nitrogen and oxygen atoms in total. The number of fused-ring (bicyclic) bond motifs is 1. The lowest BCUT2D eigenvalue weighted by atomic mass is 10.1. The second-order valence-corrected chi connectivity index (χ2v) is 6.18. The average Bonchev–Trinajstić information content (AvgIpc) is 3.22. The van der Waals surface area contributed by atoms with Gasteiger partial charge in [-0.15, -0.1) is 5.17 Å². The summed E-state index contributed by atoms with van der Waals surface area (Å²) in [5.41, 5.74) is 1.36. The Bertz CT molecular complexity index is 1050. The lowest BCUT2D eigenvalue weighted by Gasteiger charge is -2.24. The molecule has 0 radical (unpaired) electrons. The number of Topliss-reactive ketones (excluding diaryl/α,β-unsaturated/α-hetero) is 1. The van der Waals surface area contributed by atoms with Gasteiger partial charge < -0.3 is 14.2 Å². The first kappa shape index (κ1) is 19.5. The number of ether oxygens (including phenoxy) is 3. The summed E-state index contributed by atoms with van der Waals surface area (Å²) >= 11 is 0. The van der Waals surface area contributed by atoms with E-state index in [2.05, 4.69) is 10.1 Å². The molecule has 0 saturated heterocycles. The molecule has 0 unspecified atom stereocenters. The Morgan fingerprint density at radius 2 is 1.87 bits per heavy atom. The summed E-state index contributed by atoms with van der Waals surface area (Å²) in [5.74, 6) is 1.27. The normalized spacial score (nSPS) is 12.6. The van der Waals surface area contributed by atoms with Crippen molar-refractivity contribution < 1.29 is 23.8 Å². The molecule has 0 atom stereocenters. The van der Waals surface area contributed by atoms with Gasteiger partial charge in [0.25, 0.3) is 5.88 Å². The first-order valence-electron chi connectivity index (χ1n) is 9.32. The van der Waals surface area contributed by atoms with Crippen molar-refractivity contribution in [1.29, 1.82) is 0 Å². The molecule has 30 heavy (non-hydrogen) atoms. The number of imidazole rings is 1. The number of carbonyl (C=O) groups excluding carboxylic acids is 1. The van der Waals surface area contributed by atoms with E-state index in [1.54, 1.807) is 42.3 Å². The van der Waals surface area contributed by atoms with Crippen LogP contribution in [0.3, 0.4) is 0 Å². The molecule has 0 N–H and O–H groups in total. The van der Waals surface area contributed by atoms with Crippen molar-refractivity contribution in [2.45, 2.75) is 6.92 Å². The van der Waals surface area contributed by atoms with Crippen molar-refractivity contribution >= 4 is 17.7 Å². The van der Waals surface area contributed by atoms with Crippen molar-refractivity contribution in [2.24, 2.45) is 5.10 Å². The molecule has 4 rings (SSSR count). The minimum absolute atomic E-state index is 0.125. The van der Waals surface area contributed by atoms with Gasteiger partial charge in [-0.1, -0.05) is 35.4 Å². The van der Waals surface area contributed by atoms with Gasteiger partial charge in [-0.25, -0.2) is 0 Å². The number of hydrazone groups is 1. The van der Waals surface area contributed by atoms with Crippen molar-refractivity contribution in [3.8, 4) is 17.3 Å². The molecule has 0 spiro atoms. The molecule has 1 aliphatic heterocycles. The minimum Gasteiger partial charge on any atom is -0.497 e. The van der Waals surface area contributed by atoms with Crippen molar-refractivity contribution in [1.82, 2.24) is 9.55 Å². The van der Waals surface area contributed by atoms with Crippen LogP contribution in [0, 0.1) is 0 Å². The first-order chi connectivity index (χ1) is 14.7. The maximum atomic E-state index is 12.3. The number of benzene rings is 2. The van der Waals surface area contributed by atoms with E-state index in [1.807, 2.05) is 37.3 Å². The largest absolute Gasteiger partial charge is 0.497 e. The number of ketones is 1. The third-order valence-corrected chi connectivity index (χ3v) is 4.27. The quantitative estimate of drug-likeness (QED) is 0.555. The topological polar surface area (TPSA) is 87.4 Å². The standard InChI is InChI=1S/C21H20N4O5/c1-3-29-25-20-19(22-14-24(20)16-9-11-17(27-2)12-10-16)30-21(23-25)28-13-18(26)15-7-5-4-6-8-15/h4-12,14H,3,13H2,1-2H3. The van der Waals surface area contributed by atoms with Crippen LogP contribution in [0.5, 0.6) is 11.6 Å². The van der Waals surface area contributed by atoms with Crippen molar-refractivity contribution in [3.05, 3.63) is 66.5 Å². The van der Waals surface area contributed by atoms with E-state index in [-0.39, 0.29) is 24.4 Å². The summed E-state index contributed by atoms with van der Waals surface area (Å²) in [6.45, 7) is 1.96. The number of carbonyl (C=O) groups is 1. The van der Waals surface area contributed by atoms with Crippen LogP contribution in [-0.4, -0.2) is 41.7 Å². The van der Waals surface area contributed by atoms with E-state index in [0.29, 0.717) is 18.0 Å². The van der Waals surface area contributed by atoms with E-state index in [1.165, 1.54) is 5.17 Å². The Labute approximate surface area is 173 Å². The van der Waals surface area contributed by atoms with Crippen LogP contribution in [0.15, 0.2) is 66.0 Å². The number of nitrogens with zero attached hydrogens (tertiary/aromatic N) is 4. The zero-order valence-electron chi connectivity index (χ0n) is 16.5. The second-order valence-electron chi connectivity index (χ2n) is 6.18. The third kappa shape index (κ3) is 3.96. The number of anilines is 1. The molecule has 2 aromatic carbocycles. The van der Waals surface area contributed by atoms with Crippen LogP contribution in [0.25, 0.3) is 5.69 Å². The Balaban J connectivity index is 1.54. The van der Waals surface area contributed by atoms with E-state index >= 15 is 0 Å². The van der Waals surface area contributed by atoms with E-state index < -0.39 is 0 Å². The van der Waals surface area contributed by atoms with Crippen LogP contribution in [0.2, 0.25) is 0 Å². The van der Waals surface area contributed by atoms with Gasteiger partial charge in [0.2, 0.25) is 5.82 Å². The molecule has 0 bridgehead atoms. The molecule has 9 heteroatoms. The van der Waals surface area contributed by atoms with Gasteiger partial charge in [-0.2, -0.15) is 4.98 Å². The molecule has 0 amide bonds. The van der Waals surface area contributed by atoms with Crippen LogP contribution >= 0.6 is 0 Å². The maximum absolute atomic E-state index is 12.3. The highest BCUT2D eigenvalue weighted by molar-refractivity contribution is 5.98. The zero-order valence-corrected chi connectivity index (χ0v) is 16.5. The molecule has 2 heterocycles. The SMILES string of the molecule is CCON1N=C(OCC(=O)c2ccccc2)Oc2ncn(-c3ccc(OC)cc3)c21. The molecule has 154 valence electrons. The second kappa shape index (κ2) is 8.66. The van der Waals surface area contributed by atoms with Crippen LogP contribution in [-0.2, 0) is 9.57 Å². The minimum atomic E-state index is -0.225. The van der Waals surface area contributed by atoms with Crippen LogP contribution in [0.4, 0.5) is 5.82 Å². The Kier molecular flexibility index (Phi) is 5.62. The van der Waals surface area contributed by atoms with Gasteiger partial charge in [0, 0.05) is 11.3 Å². The molecule has 3 aromatic rings. The summed E-state index contributed by atoms with van der Waals surface area (Å²) in [5, 5.41) is 5.49. The first-order valence-corrected chi connectivity index (χ1v) is 9.32. The van der Waals surface area contributed by atoms with Crippen LogP contribution < -0.4 is 14.6 Å². The number of hydrogen-bond acceptors (Lipinski definition) is 8. The predicted molar refractivity (Wildman–Crippen MR) is 109 cm³/mol. The summed E-state index contributed by atoms with van der Waals surface area (Å²) in [4.78, 5) is 22.2. The number of rotatable bonds is 7. The highest BCUT2D eigenvalue weighted by atomic mass is 16.7. The summed E-state index contributed by atoms with van der Waals surface area (Å²) in [6, 6.07) is 16.3. The highest BCUT2D eigenvalue weighted by Crippen LogP contribution is 2.34. The van der Waals surface area contributed by atoms with Crippen LogP contribution in [0.1, 0.15) is 17.3 Å². The van der Waals surface area contributed by atoms with Gasteiger partial charge in [0.15, 0.2) is 12.4 Å². The molecule has 0 saturated carbocycles. The summed E-state index contributed by atoms with van der Waals surface area (Å²) in [7, 11) is 1.61. The number of hydrogen-bond donors (Lipinski definition) is 0. The molecule has 0 fully saturated rings. The lowest BCUT2D eigenvalue weighted by Crippen LogP contribution is -2.31. The van der Waals surface area contributed by atoms with Crippen molar-refractivity contribution in [3.63, 3.8) is 0 Å². The Hall–Kier alpha value is -3.85. The smallest absolute Gasteiger partial charge is 0.415 e. The summed E-state index contributed by atoms with van der Waals surface area (Å²) in [6.07, 6.45) is 1.46. The third-order valence-electron chi connectivity index (χ3n) is 4.27. The van der Waals surface area contributed by atoms with E-state index in [0.717, 1.165) is 11.4 Å². The van der Waals surface area contributed by atoms with Gasteiger partial charge in [-0.3, -0.25) is 14.2 Å². The lowest BCUT2D eigenvalue weighted by molar-refractivity contribution is 0.0851. The van der Waals surface area contributed by atoms with Gasteiger partial charge in [-0.05, 0) is 31.2 Å². The fraction of sp³-hybridized carbons (Fsp3) is 0.190. The summed E-state index contributed by atoms with van der Waals surface area (Å²) < 4.78 is 18.1. The zero-order chi connectivity index (χ0) is 20.9.